The van der Waals surface area contributed by atoms with Crippen LogP contribution in [0.5, 0.6) is 0 Å². The van der Waals surface area contributed by atoms with E-state index in [1.807, 2.05) is 24.3 Å². The van der Waals surface area contributed by atoms with Crippen LogP contribution in [0.4, 0.5) is 0 Å². The Morgan fingerprint density at radius 3 is 2.57 bits per heavy atom. The van der Waals surface area contributed by atoms with Crippen LogP contribution in [0.3, 0.4) is 0 Å². The lowest BCUT2D eigenvalue weighted by Crippen LogP contribution is -2.53. The number of aromatic nitrogens is 1. The molecule has 0 saturated carbocycles. The number of nitrogens with one attached hydrogen (secondary N) is 2. The number of hydrogen-bond acceptors (Lipinski definition) is 3. The van der Waals surface area contributed by atoms with Gasteiger partial charge in [-0.05, 0) is 26.0 Å². The fraction of sp³-hybridized carbons (Fsp3) is 0.200. The molecule has 1 aromatic heterocycles. The fourth-order valence-electron chi connectivity index (χ4n) is 1.86. The summed E-state index contributed by atoms with van der Waals surface area (Å²) in [6.07, 6.45) is 3.33. The van der Waals surface area contributed by atoms with Gasteiger partial charge < -0.3 is 21.8 Å². The summed E-state index contributed by atoms with van der Waals surface area (Å²) in [7, 11) is 0. The first-order chi connectivity index (χ1) is 9.81. The third-order valence-corrected chi connectivity index (χ3v) is 3.24. The Bertz CT molecular complexity index is 728. The molecular weight excluding hydrogens is 268 g/mol. The van der Waals surface area contributed by atoms with E-state index in [0.717, 1.165) is 16.5 Å². The number of aromatic amines is 1. The molecule has 6 N–H and O–H groups in total. The Kier molecular flexibility index (Phi) is 3.71. The number of carbonyl (C=O) groups excluding carboxylic acids is 2. The first-order valence-corrected chi connectivity index (χ1v) is 6.47. The summed E-state index contributed by atoms with van der Waals surface area (Å²) in [6, 6.07) is 7.67. The second-order valence-corrected chi connectivity index (χ2v) is 5.33. The van der Waals surface area contributed by atoms with Gasteiger partial charge in [0.15, 0.2) is 0 Å². The molecule has 0 spiro atoms. The zero-order chi connectivity index (χ0) is 15.6. The number of primary amides is 1. The van der Waals surface area contributed by atoms with Gasteiger partial charge in [-0.15, -0.1) is 0 Å². The van der Waals surface area contributed by atoms with E-state index in [9.17, 15) is 9.59 Å². The van der Waals surface area contributed by atoms with Crippen molar-refractivity contribution in [2.24, 2.45) is 11.5 Å². The van der Waals surface area contributed by atoms with Crippen LogP contribution in [0.1, 0.15) is 19.4 Å². The number of H-pyrrole nitrogens is 1. The van der Waals surface area contributed by atoms with Crippen LogP contribution in [-0.2, 0) is 9.59 Å². The molecule has 0 saturated heterocycles. The smallest absolute Gasteiger partial charge is 0.268 e. The Hall–Kier alpha value is -2.76. The van der Waals surface area contributed by atoms with E-state index < -0.39 is 17.4 Å². The lowest BCUT2D eigenvalue weighted by Gasteiger charge is -2.22. The zero-order valence-corrected chi connectivity index (χ0v) is 11.9. The molecular formula is C15H18N4O2. The van der Waals surface area contributed by atoms with Gasteiger partial charge >= 0.3 is 0 Å². The highest BCUT2D eigenvalue weighted by molar-refractivity contribution is 6.02. The number of fused-ring (bicyclic) bond motifs is 1. The SMILES string of the molecule is CC(C)(NC(=O)C(N)=Cc1c[nH]c2ccccc12)C(N)=O. The molecule has 0 atom stereocenters. The van der Waals surface area contributed by atoms with E-state index in [1.165, 1.54) is 13.8 Å². The normalized spacial score (nSPS) is 12.4. The minimum atomic E-state index is -1.16. The van der Waals surface area contributed by atoms with Crippen molar-refractivity contribution in [2.45, 2.75) is 19.4 Å². The van der Waals surface area contributed by atoms with Crippen LogP contribution < -0.4 is 16.8 Å². The Labute approximate surface area is 122 Å². The average molecular weight is 286 g/mol. The molecule has 1 aromatic carbocycles. The topological polar surface area (TPSA) is 114 Å². The maximum absolute atomic E-state index is 12.0. The predicted molar refractivity (Wildman–Crippen MR) is 81.9 cm³/mol. The van der Waals surface area contributed by atoms with Crippen molar-refractivity contribution in [2.75, 3.05) is 0 Å². The molecule has 110 valence electrons. The summed E-state index contributed by atoms with van der Waals surface area (Å²) < 4.78 is 0. The maximum Gasteiger partial charge on any atom is 0.268 e. The quantitative estimate of drug-likeness (QED) is 0.624. The summed E-state index contributed by atoms with van der Waals surface area (Å²) in [6.45, 7) is 3.04. The first-order valence-electron chi connectivity index (χ1n) is 6.47. The summed E-state index contributed by atoms with van der Waals surface area (Å²) in [4.78, 5) is 26.3. The standard InChI is InChI=1S/C15H18N4O2/c1-15(2,14(17)21)19-13(20)11(16)7-9-8-18-12-6-4-3-5-10(9)12/h3-8,18H,16H2,1-2H3,(H2,17,21)(H,19,20). The molecule has 1 heterocycles. The lowest BCUT2D eigenvalue weighted by atomic mass is 10.0. The van der Waals surface area contributed by atoms with Crippen LogP contribution in [0.2, 0.25) is 0 Å². The van der Waals surface area contributed by atoms with Crippen molar-refractivity contribution >= 4 is 28.8 Å². The number of nitrogens with two attached hydrogens (primary N) is 2. The van der Waals surface area contributed by atoms with Gasteiger partial charge in [0.05, 0.1) is 5.70 Å². The summed E-state index contributed by atoms with van der Waals surface area (Å²) in [5.41, 5.74) is 11.6. The highest BCUT2D eigenvalue weighted by Crippen LogP contribution is 2.19. The molecule has 6 nitrogen and oxygen atoms in total. The number of hydrogen-bond donors (Lipinski definition) is 4. The van der Waals surface area contributed by atoms with Crippen molar-refractivity contribution < 1.29 is 9.59 Å². The molecule has 2 rings (SSSR count). The fourth-order valence-corrected chi connectivity index (χ4v) is 1.86. The van der Waals surface area contributed by atoms with Crippen molar-refractivity contribution in [1.82, 2.24) is 10.3 Å². The molecule has 0 aliphatic rings. The van der Waals surface area contributed by atoms with E-state index in [0.29, 0.717) is 0 Å². The molecule has 2 aromatic rings. The van der Waals surface area contributed by atoms with Gasteiger partial charge in [0.1, 0.15) is 5.54 Å². The first kappa shape index (κ1) is 14.6. The van der Waals surface area contributed by atoms with E-state index in [4.69, 9.17) is 11.5 Å². The molecule has 0 unspecified atom stereocenters. The van der Waals surface area contributed by atoms with Gasteiger partial charge in [-0.1, -0.05) is 18.2 Å². The third-order valence-electron chi connectivity index (χ3n) is 3.24. The molecule has 0 radical (unpaired) electrons. The highest BCUT2D eigenvalue weighted by atomic mass is 16.2. The summed E-state index contributed by atoms with van der Waals surface area (Å²) in [5, 5.41) is 3.46. The number of benzene rings is 1. The molecule has 0 fully saturated rings. The number of amides is 2. The van der Waals surface area contributed by atoms with Gasteiger partial charge in [-0.2, -0.15) is 0 Å². The van der Waals surface area contributed by atoms with Crippen molar-refractivity contribution in [3.63, 3.8) is 0 Å². The van der Waals surface area contributed by atoms with E-state index >= 15 is 0 Å². The number of carbonyl (C=O) groups is 2. The predicted octanol–water partition coefficient (Wildman–Crippen LogP) is 0.848. The lowest BCUT2D eigenvalue weighted by molar-refractivity contribution is -0.128. The highest BCUT2D eigenvalue weighted by Gasteiger charge is 2.27. The van der Waals surface area contributed by atoms with Gasteiger partial charge in [-0.25, -0.2) is 0 Å². The van der Waals surface area contributed by atoms with Crippen LogP contribution in [0.25, 0.3) is 17.0 Å². The molecule has 0 bridgehead atoms. The number of para-hydroxylation sites is 1. The third kappa shape index (κ3) is 3.05. The second kappa shape index (κ2) is 5.32. The average Bonchev–Trinajstić information content (AvgIpc) is 2.81. The van der Waals surface area contributed by atoms with Gasteiger partial charge in [0.25, 0.3) is 5.91 Å². The Morgan fingerprint density at radius 2 is 1.90 bits per heavy atom. The molecule has 2 amide bonds. The Balaban J connectivity index is 2.25. The van der Waals surface area contributed by atoms with Crippen LogP contribution in [0, 0.1) is 0 Å². The molecule has 0 aliphatic heterocycles. The van der Waals surface area contributed by atoms with E-state index in [-0.39, 0.29) is 5.70 Å². The van der Waals surface area contributed by atoms with Crippen LogP contribution in [-0.4, -0.2) is 22.3 Å². The van der Waals surface area contributed by atoms with Crippen molar-refractivity contribution in [3.05, 3.63) is 41.7 Å². The second-order valence-electron chi connectivity index (χ2n) is 5.33. The Morgan fingerprint density at radius 1 is 1.24 bits per heavy atom. The van der Waals surface area contributed by atoms with Crippen molar-refractivity contribution in [3.8, 4) is 0 Å². The largest absolute Gasteiger partial charge is 0.394 e. The number of rotatable bonds is 4. The minimum Gasteiger partial charge on any atom is -0.394 e. The summed E-state index contributed by atoms with van der Waals surface area (Å²) >= 11 is 0. The summed E-state index contributed by atoms with van der Waals surface area (Å²) in [5.74, 6) is -1.17. The molecule has 6 heteroatoms. The zero-order valence-electron chi connectivity index (χ0n) is 11.9. The van der Waals surface area contributed by atoms with Crippen LogP contribution in [0.15, 0.2) is 36.2 Å². The van der Waals surface area contributed by atoms with Gasteiger partial charge in [-0.3, -0.25) is 9.59 Å². The van der Waals surface area contributed by atoms with Gasteiger partial charge in [0, 0.05) is 22.7 Å². The van der Waals surface area contributed by atoms with Gasteiger partial charge in [0.2, 0.25) is 5.91 Å². The van der Waals surface area contributed by atoms with E-state index in [1.54, 1.807) is 12.3 Å². The molecule has 21 heavy (non-hydrogen) atoms. The molecule has 0 aliphatic carbocycles. The minimum absolute atomic E-state index is 0.00841. The van der Waals surface area contributed by atoms with Crippen molar-refractivity contribution in [1.29, 1.82) is 0 Å². The van der Waals surface area contributed by atoms with Crippen LogP contribution >= 0.6 is 0 Å². The maximum atomic E-state index is 12.0. The van der Waals surface area contributed by atoms with E-state index in [2.05, 4.69) is 10.3 Å². The monoisotopic (exact) mass is 286 g/mol.